The molecule has 0 spiro atoms. The van der Waals surface area contributed by atoms with E-state index in [9.17, 15) is 23.7 Å². The Bertz CT molecular complexity index is 711. The van der Waals surface area contributed by atoms with Crippen LogP contribution in [0.1, 0.15) is 25.8 Å². The van der Waals surface area contributed by atoms with Gasteiger partial charge in [-0.05, 0) is 36.6 Å². The van der Waals surface area contributed by atoms with Gasteiger partial charge < -0.3 is 30.5 Å². The number of aliphatic hydroxyl groups is 4. The SMILES string of the molecule is CC(C)CCNCc1ccc(S(=O)(=O)NC2C(O)OC(CO)C(O)C2O)cc1. The highest BCUT2D eigenvalue weighted by molar-refractivity contribution is 7.89. The Kier molecular flexibility index (Phi) is 8.34. The molecular weight excluding hydrogens is 388 g/mol. The topological polar surface area (TPSA) is 148 Å². The summed E-state index contributed by atoms with van der Waals surface area (Å²) >= 11 is 0. The first-order valence-corrected chi connectivity index (χ1v) is 10.8. The van der Waals surface area contributed by atoms with Gasteiger partial charge in [-0.1, -0.05) is 26.0 Å². The summed E-state index contributed by atoms with van der Waals surface area (Å²) in [7, 11) is -4.07. The van der Waals surface area contributed by atoms with Crippen LogP contribution in [0.2, 0.25) is 0 Å². The van der Waals surface area contributed by atoms with E-state index in [-0.39, 0.29) is 4.90 Å². The van der Waals surface area contributed by atoms with Crippen LogP contribution in [0.3, 0.4) is 0 Å². The predicted octanol–water partition coefficient (Wildman–Crippen LogP) is -1.10. The number of sulfonamides is 1. The minimum absolute atomic E-state index is 0.0448. The first kappa shape index (κ1) is 23.2. The van der Waals surface area contributed by atoms with Crippen molar-refractivity contribution in [3.05, 3.63) is 29.8 Å². The fourth-order valence-electron chi connectivity index (χ4n) is 2.88. The van der Waals surface area contributed by atoms with Crippen LogP contribution in [-0.4, -0.2) is 72.6 Å². The lowest BCUT2D eigenvalue weighted by Gasteiger charge is -2.40. The fraction of sp³-hybridized carbons (Fsp3) is 0.667. The summed E-state index contributed by atoms with van der Waals surface area (Å²) in [5.74, 6) is 0.603. The van der Waals surface area contributed by atoms with E-state index in [0.717, 1.165) is 18.5 Å². The Morgan fingerprint density at radius 3 is 2.32 bits per heavy atom. The van der Waals surface area contributed by atoms with Crippen LogP contribution < -0.4 is 10.0 Å². The standard InChI is InChI=1S/C18H30N2O7S/c1-11(2)7-8-19-9-12-3-5-13(6-4-12)28(25,26)20-15-17(23)16(22)14(10-21)27-18(15)24/h3-6,11,14-24H,7-10H2,1-2H3. The smallest absolute Gasteiger partial charge is 0.241 e. The molecule has 1 aliphatic heterocycles. The van der Waals surface area contributed by atoms with E-state index >= 15 is 0 Å². The summed E-state index contributed by atoms with van der Waals surface area (Å²) in [6.07, 6.45) is -5.04. The number of hydrogen-bond acceptors (Lipinski definition) is 8. The van der Waals surface area contributed by atoms with Gasteiger partial charge in [-0.3, -0.25) is 0 Å². The minimum Gasteiger partial charge on any atom is -0.394 e. The molecule has 1 aliphatic rings. The second kappa shape index (κ2) is 10.1. The van der Waals surface area contributed by atoms with Gasteiger partial charge >= 0.3 is 0 Å². The second-order valence-corrected chi connectivity index (χ2v) is 9.09. The molecule has 1 saturated heterocycles. The maximum Gasteiger partial charge on any atom is 0.241 e. The fourth-order valence-corrected chi connectivity index (χ4v) is 4.13. The van der Waals surface area contributed by atoms with Crippen molar-refractivity contribution >= 4 is 10.0 Å². The Morgan fingerprint density at radius 1 is 1.11 bits per heavy atom. The van der Waals surface area contributed by atoms with Crippen LogP contribution in [-0.2, 0) is 21.3 Å². The van der Waals surface area contributed by atoms with Crippen molar-refractivity contribution in [1.29, 1.82) is 0 Å². The molecule has 2 rings (SSSR count). The molecule has 160 valence electrons. The predicted molar refractivity (Wildman–Crippen MR) is 102 cm³/mol. The van der Waals surface area contributed by atoms with Gasteiger partial charge in [-0.25, -0.2) is 13.1 Å². The van der Waals surface area contributed by atoms with Crippen molar-refractivity contribution in [2.24, 2.45) is 5.92 Å². The molecule has 10 heteroatoms. The molecule has 1 heterocycles. The van der Waals surface area contributed by atoms with Gasteiger partial charge in [0.15, 0.2) is 6.29 Å². The molecule has 0 aromatic heterocycles. The third kappa shape index (κ3) is 5.94. The molecule has 1 aromatic carbocycles. The van der Waals surface area contributed by atoms with E-state index in [2.05, 4.69) is 23.9 Å². The molecular formula is C18H30N2O7S. The second-order valence-electron chi connectivity index (χ2n) is 7.38. The number of aliphatic hydroxyl groups excluding tert-OH is 4. The summed E-state index contributed by atoms with van der Waals surface area (Å²) in [5.41, 5.74) is 0.921. The summed E-state index contributed by atoms with van der Waals surface area (Å²) in [5, 5.41) is 42.3. The summed E-state index contributed by atoms with van der Waals surface area (Å²) in [6, 6.07) is 4.74. The first-order valence-electron chi connectivity index (χ1n) is 9.28. The Hall–Kier alpha value is -1.11. The maximum atomic E-state index is 12.6. The molecule has 9 nitrogen and oxygen atoms in total. The van der Waals surface area contributed by atoms with Crippen LogP contribution in [0.4, 0.5) is 0 Å². The highest BCUT2D eigenvalue weighted by atomic mass is 32.2. The molecule has 6 N–H and O–H groups in total. The van der Waals surface area contributed by atoms with Crippen molar-refractivity contribution < 1.29 is 33.6 Å². The zero-order valence-electron chi connectivity index (χ0n) is 16.0. The summed E-state index contributed by atoms with van der Waals surface area (Å²) in [6.45, 7) is 5.14. The van der Waals surface area contributed by atoms with Crippen LogP contribution >= 0.6 is 0 Å². The molecule has 1 fully saturated rings. The minimum atomic E-state index is -4.07. The summed E-state index contributed by atoms with van der Waals surface area (Å²) in [4.78, 5) is -0.0448. The van der Waals surface area contributed by atoms with E-state index in [4.69, 9.17) is 9.84 Å². The zero-order chi connectivity index (χ0) is 20.9. The van der Waals surface area contributed by atoms with E-state index in [0.29, 0.717) is 12.5 Å². The van der Waals surface area contributed by atoms with Crippen LogP contribution in [0.25, 0.3) is 0 Å². The van der Waals surface area contributed by atoms with Crippen LogP contribution in [0.5, 0.6) is 0 Å². The van der Waals surface area contributed by atoms with E-state index in [1.807, 2.05) is 0 Å². The van der Waals surface area contributed by atoms with Crippen molar-refractivity contribution in [3.8, 4) is 0 Å². The Labute approximate surface area is 165 Å². The number of benzene rings is 1. The Balaban J connectivity index is 2.00. The van der Waals surface area contributed by atoms with Gasteiger partial charge in [0.05, 0.1) is 11.5 Å². The third-order valence-electron chi connectivity index (χ3n) is 4.65. The van der Waals surface area contributed by atoms with Gasteiger partial charge in [0.1, 0.15) is 24.4 Å². The lowest BCUT2D eigenvalue weighted by atomic mass is 9.98. The van der Waals surface area contributed by atoms with Gasteiger partial charge in [0.2, 0.25) is 10.0 Å². The van der Waals surface area contributed by atoms with Crippen molar-refractivity contribution in [2.45, 2.75) is 62.4 Å². The quantitative estimate of drug-likeness (QED) is 0.277. The molecule has 1 aromatic rings. The highest BCUT2D eigenvalue weighted by Crippen LogP contribution is 2.22. The van der Waals surface area contributed by atoms with Crippen molar-refractivity contribution in [3.63, 3.8) is 0 Å². The van der Waals surface area contributed by atoms with E-state index in [1.54, 1.807) is 12.1 Å². The van der Waals surface area contributed by atoms with Gasteiger partial charge in [-0.15, -0.1) is 0 Å². The van der Waals surface area contributed by atoms with Crippen LogP contribution in [0.15, 0.2) is 29.2 Å². The molecule has 0 bridgehead atoms. The normalized spacial score (nSPS) is 28.6. The molecule has 5 unspecified atom stereocenters. The Morgan fingerprint density at radius 2 is 1.75 bits per heavy atom. The molecule has 28 heavy (non-hydrogen) atoms. The molecule has 0 saturated carbocycles. The molecule has 0 amide bonds. The monoisotopic (exact) mass is 418 g/mol. The van der Waals surface area contributed by atoms with E-state index < -0.39 is 47.3 Å². The van der Waals surface area contributed by atoms with Gasteiger partial charge in [-0.2, -0.15) is 0 Å². The molecule has 0 aliphatic carbocycles. The van der Waals surface area contributed by atoms with Crippen molar-refractivity contribution in [2.75, 3.05) is 13.2 Å². The average molecular weight is 419 g/mol. The number of rotatable bonds is 9. The van der Waals surface area contributed by atoms with Crippen molar-refractivity contribution in [1.82, 2.24) is 10.0 Å². The first-order chi connectivity index (χ1) is 13.2. The third-order valence-corrected chi connectivity index (χ3v) is 6.13. The molecule has 0 radical (unpaired) electrons. The maximum absolute atomic E-state index is 12.6. The molecule has 5 atom stereocenters. The largest absolute Gasteiger partial charge is 0.394 e. The number of nitrogens with one attached hydrogen (secondary N) is 2. The van der Waals surface area contributed by atoms with Gasteiger partial charge in [0.25, 0.3) is 0 Å². The zero-order valence-corrected chi connectivity index (χ0v) is 16.8. The lowest BCUT2D eigenvalue weighted by Crippen LogP contribution is -2.64. The number of hydrogen-bond donors (Lipinski definition) is 6. The lowest BCUT2D eigenvalue weighted by molar-refractivity contribution is -0.251. The van der Waals surface area contributed by atoms with Gasteiger partial charge in [0, 0.05) is 6.54 Å². The van der Waals surface area contributed by atoms with Crippen LogP contribution in [0, 0.1) is 5.92 Å². The highest BCUT2D eigenvalue weighted by Gasteiger charge is 2.45. The average Bonchev–Trinajstić information content (AvgIpc) is 2.65. The van der Waals surface area contributed by atoms with E-state index in [1.165, 1.54) is 12.1 Å². The summed E-state index contributed by atoms with van der Waals surface area (Å²) < 4.78 is 32.2. The number of ether oxygens (including phenoxy) is 1.